The molecule has 0 aromatic heterocycles. The second-order valence-electron chi connectivity index (χ2n) is 3.95. The van der Waals surface area contributed by atoms with Crippen molar-refractivity contribution in [1.82, 2.24) is 0 Å². The molecule has 2 rings (SSSR count). The average molecular weight is 239 g/mol. The lowest BCUT2D eigenvalue weighted by Crippen LogP contribution is -2.32. The third-order valence-electron chi connectivity index (χ3n) is 2.95. The van der Waals surface area contributed by atoms with E-state index in [-0.39, 0.29) is 5.82 Å². The predicted octanol–water partition coefficient (Wildman–Crippen LogP) is 2.58. The summed E-state index contributed by atoms with van der Waals surface area (Å²) >= 11 is 1.92. The van der Waals surface area contributed by atoms with Crippen LogP contribution in [0.4, 0.5) is 10.1 Å². The number of hydrogen-bond donors (Lipinski definition) is 0. The summed E-state index contributed by atoms with van der Waals surface area (Å²) in [5.74, 6) is 1.87. The molecule has 0 saturated carbocycles. The minimum Gasteiger partial charge on any atom is -0.370 e. The fourth-order valence-corrected chi connectivity index (χ4v) is 3.23. The summed E-state index contributed by atoms with van der Waals surface area (Å²) in [4.78, 5) is 13.0. The van der Waals surface area contributed by atoms with Crippen LogP contribution in [0.25, 0.3) is 0 Å². The largest absolute Gasteiger partial charge is 0.370 e. The van der Waals surface area contributed by atoms with Crippen molar-refractivity contribution >= 4 is 23.7 Å². The van der Waals surface area contributed by atoms with Gasteiger partial charge in [-0.25, -0.2) is 4.39 Å². The Morgan fingerprint density at radius 3 is 3.00 bits per heavy atom. The zero-order valence-electron chi connectivity index (χ0n) is 9.15. The normalized spacial score (nSPS) is 19.8. The van der Waals surface area contributed by atoms with Crippen LogP contribution in [0, 0.1) is 5.82 Å². The molecule has 4 heteroatoms. The van der Waals surface area contributed by atoms with Gasteiger partial charge in [-0.05, 0) is 30.4 Å². The second-order valence-corrected chi connectivity index (χ2v) is 5.10. The molecule has 0 N–H and O–H groups in total. The molecule has 0 amide bonds. The highest BCUT2D eigenvalue weighted by atomic mass is 32.2. The summed E-state index contributed by atoms with van der Waals surface area (Å²) in [6, 6.07) is 4.83. The average Bonchev–Trinajstić information content (AvgIpc) is 2.81. The lowest BCUT2D eigenvalue weighted by Gasteiger charge is -2.27. The molecule has 0 spiro atoms. The van der Waals surface area contributed by atoms with Crippen LogP contribution in [-0.2, 0) is 0 Å². The van der Waals surface area contributed by atoms with Crippen LogP contribution in [0.3, 0.4) is 0 Å². The van der Waals surface area contributed by atoms with E-state index >= 15 is 0 Å². The number of nitrogens with zero attached hydrogens (tertiary/aromatic N) is 1. The Balaban J connectivity index is 2.27. The number of aldehydes is 1. The van der Waals surface area contributed by atoms with Crippen LogP contribution >= 0.6 is 11.8 Å². The molecule has 1 atom stereocenters. The molecule has 16 heavy (non-hydrogen) atoms. The van der Waals surface area contributed by atoms with E-state index in [1.807, 2.05) is 18.8 Å². The first-order valence-electron chi connectivity index (χ1n) is 5.27. The summed E-state index contributed by atoms with van der Waals surface area (Å²) in [5, 5.41) is 0. The van der Waals surface area contributed by atoms with Gasteiger partial charge in [-0.3, -0.25) is 4.79 Å². The zero-order valence-corrected chi connectivity index (χ0v) is 9.97. The summed E-state index contributed by atoms with van der Waals surface area (Å²) in [6.07, 6.45) is 1.84. The standard InChI is InChI=1S/C12H14FNOS/c1-14(11-4-5-16-8-11)12-3-2-10(13)6-9(12)7-15/h2-3,6-7,11H,4-5,8H2,1H3. The van der Waals surface area contributed by atoms with Gasteiger partial charge in [-0.15, -0.1) is 0 Å². The lowest BCUT2D eigenvalue weighted by atomic mass is 10.1. The second kappa shape index (κ2) is 4.87. The molecule has 1 saturated heterocycles. The van der Waals surface area contributed by atoms with Crippen LogP contribution in [0.15, 0.2) is 18.2 Å². The molecular weight excluding hydrogens is 225 g/mol. The molecule has 1 aliphatic rings. The fraction of sp³-hybridized carbons (Fsp3) is 0.417. The van der Waals surface area contributed by atoms with Gasteiger partial charge in [0.15, 0.2) is 6.29 Å². The molecule has 1 aliphatic heterocycles. The third-order valence-corrected chi connectivity index (χ3v) is 4.09. The molecular formula is C12H14FNOS. The predicted molar refractivity (Wildman–Crippen MR) is 65.9 cm³/mol. The van der Waals surface area contributed by atoms with E-state index in [1.165, 1.54) is 12.1 Å². The quantitative estimate of drug-likeness (QED) is 0.756. The van der Waals surface area contributed by atoms with Crippen LogP contribution in [-0.4, -0.2) is 30.9 Å². The summed E-state index contributed by atoms with van der Waals surface area (Å²) in [5.41, 5.74) is 1.25. The molecule has 86 valence electrons. The van der Waals surface area contributed by atoms with Gasteiger partial charge >= 0.3 is 0 Å². The Morgan fingerprint density at radius 1 is 1.56 bits per heavy atom. The van der Waals surface area contributed by atoms with Gasteiger partial charge in [0.2, 0.25) is 0 Å². The van der Waals surface area contributed by atoms with E-state index in [1.54, 1.807) is 6.07 Å². The number of halogens is 1. The van der Waals surface area contributed by atoms with Crippen LogP contribution < -0.4 is 4.90 Å². The molecule has 1 aromatic rings. The van der Waals surface area contributed by atoms with E-state index in [4.69, 9.17) is 0 Å². The molecule has 0 radical (unpaired) electrons. The molecule has 2 nitrogen and oxygen atoms in total. The molecule has 0 aliphatic carbocycles. The van der Waals surface area contributed by atoms with Gasteiger partial charge in [0.1, 0.15) is 5.82 Å². The first-order valence-corrected chi connectivity index (χ1v) is 6.43. The fourth-order valence-electron chi connectivity index (χ4n) is 1.97. The Labute approximate surface area is 98.8 Å². The van der Waals surface area contributed by atoms with Crippen molar-refractivity contribution in [2.75, 3.05) is 23.5 Å². The van der Waals surface area contributed by atoms with Crippen LogP contribution in [0.1, 0.15) is 16.8 Å². The van der Waals surface area contributed by atoms with E-state index in [9.17, 15) is 9.18 Å². The van der Waals surface area contributed by atoms with Crippen molar-refractivity contribution < 1.29 is 9.18 Å². The molecule has 1 unspecified atom stereocenters. The van der Waals surface area contributed by atoms with Crippen molar-refractivity contribution in [1.29, 1.82) is 0 Å². The Hall–Kier alpha value is -1.03. The summed E-state index contributed by atoms with van der Waals surface area (Å²) in [7, 11) is 1.97. The van der Waals surface area contributed by atoms with E-state index < -0.39 is 0 Å². The van der Waals surface area contributed by atoms with Crippen molar-refractivity contribution in [3.05, 3.63) is 29.6 Å². The van der Waals surface area contributed by atoms with E-state index in [0.29, 0.717) is 11.6 Å². The molecule has 1 heterocycles. The molecule has 0 bridgehead atoms. The lowest BCUT2D eigenvalue weighted by molar-refractivity contribution is 0.112. The minimum atomic E-state index is -0.361. The number of hydrogen-bond acceptors (Lipinski definition) is 3. The molecule has 1 fully saturated rings. The highest BCUT2D eigenvalue weighted by Gasteiger charge is 2.21. The molecule has 1 aromatic carbocycles. The van der Waals surface area contributed by atoms with Crippen molar-refractivity contribution in [2.45, 2.75) is 12.5 Å². The number of benzene rings is 1. The monoisotopic (exact) mass is 239 g/mol. The Kier molecular flexibility index (Phi) is 3.49. The highest BCUT2D eigenvalue weighted by Crippen LogP contribution is 2.27. The van der Waals surface area contributed by atoms with Crippen molar-refractivity contribution in [3.8, 4) is 0 Å². The summed E-state index contributed by atoms with van der Waals surface area (Å²) < 4.78 is 13.0. The number of carbonyl (C=O) groups is 1. The number of rotatable bonds is 3. The Bertz CT molecular complexity index is 391. The smallest absolute Gasteiger partial charge is 0.152 e. The zero-order chi connectivity index (χ0) is 11.5. The van der Waals surface area contributed by atoms with Gasteiger partial charge in [0, 0.05) is 30.1 Å². The minimum absolute atomic E-state index is 0.361. The number of anilines is 1. The van der Waals surface area contributed by atoms with Gasteiger partial charge < -0.3 is 4.90 Å². The van der Waals surface area contributed by atoms with Gasteiger partial charge in [-0.1, -0.05) is 0 Å². The van der Waals surface area contributed by atoms with Gasteiger partial charge in [0.25, 0.3) is 0 Å². The maximum Gasteiger partial charge on any atom is 0.152 e. The Morgan fingerprint density at radius 2 is 2.38 bits per heavy atom. The number of carbonyl (C=O) groups excluding carboxylic acids is 1. The van der Waals surface area contributed by atoms with E-state index in [0.717, 1.165) is 29.9 Å². The highest BCUT2D eigenvalue weighted by molar-refractivity contribution is 7.99. The SMILES string of the molecule is CN(c1ccc(F)cc1C=O)C1CCSC1. The van der Waals surface area contributed by atoms with Crippen molar-refractivity contribution in [3.63, 3.8) is 0 Å². The third kappa shape index (κ3) is 2.21. The summed E-state index contributed by atoms with van der Waals surface area (Å²) in [6.45, 7) is 0. The van der Waals surface area contributed by atoms with Gasteiger partial charge in [-0.2, -0.15) is 11.8 Å². The first-order chi connectivity index (χ1) is 7.72. The van der Waals surface area contributed by atoms with Crippen LogP contribution in [0.5, 0.6) is 0 Å². The number of thioether (sulfide) groups is 1. The topological polar surface area (TPSA) is 20.3 Å². The van der Waals surface area contributed by atoms with Crippen molar-refractivity contribution in [2.24, 2.45) is 0 Å². The first kappa shape index (κ1) is 11.5. The van der Waals surface area contributed by atoms with E-state index in [2.05, 4.69) is 4.90 Å². The van der Waals surface area contributed by atoms with Crippen LogP contribution in [0.2, 0.25) is 0 Å². The maximum atomic E-state index is 13.0. The van der Waals surface area contributed by atoms with Gasteiger partial charge in [0.05, 0.1) is 0 Å². The maximum absolute atomic E-state index is 13.0.